The van der Waals surface area contributed by atoms with Crippen molar-refractivity contribution in [2.75, 3.05) is 13.1 Å². The van der Waals surface area contributed by atoms with E-state index in [0.29, 0.717) is 13.0 Å². The molecule has 1 aliphatic heterocycles. The van der Waals surface area contributed by atoms with E-state index in [2.05, 4.69) is 0 Å². The number of rotatable bonds is 2. The summed E-state index contributed by atoms with van der Waals surface area (Å²) >= 11 is 5.68. The van der Waals surface area contributed by atoms with Crippen molar-refractivity contribution in [2.24, 2.45) is 0 Å². The lowest BCUT2D eigenvalue weighted by atomic mass is 10.1. The van der Waals surface area contributed by atoms with Crippen LogP contribution < -0.4 is 0 Å². The highest BCUT2D eigenvalue weighted by Crippen LogP contribution is 2.25. The molecular weight excluding hydrogens is 260 g/mol. The normalized spacial score (nSPS) is 19.0. The molecule has 0 aromatic heterocycles. The van der Waals surface area contributed by atoms with Crippen molar-refractivity contribution in [3.8, 4) is 0 Å². The van der Waals surface area contributed by atoms with Crippen molar-refractivity contribution in [3.63, 3.8) is 0 Å². The molecule has 18 heavy (non-hydrogen) atoms. The first-order chi connectivity index (χ1) is 8.49. The van der Waals surface area contributed by atoms with Crippen molar-refractivity contribution in [1.29, 1.82) is 0 Å². The number of nitrogens with zero attached hydrogens (tertiary/aromatic N) is 2. The number of amides is 1. The van der Waals surface area contributed by atoms with Gasteiger partial charge in [-0.1, -0.05) is 11.6 Å². The fourth-order valence-corrected chi connectivity index (χ4v) is 2.10. The van der Waals surface area contributed by atoms with Crippen molar-refractivity contribution in [3.05, 3.63) is 38.9 Å². The van der Waals surface area contributed by atoms with Gasteiger partial charge in [-0.05, 0) is 18.6 Å². The Morgan fingerprint density at radius 1 is 1.56 bits per heavy atom. The molecule has 1 unspecified atom stereocenters. The van der Waals surface area contributed by atoms with Crippen LogP contribution in [0.15, 0.2) is 18.2 Å². The van der Waals surface area contributed by atoms with E-state index >= 15 is 0 Å². The maximum Gasteiger partial charge on any atom is 0.283 e. The molecule has 6 nitrogen and oxygen atoms in total. The highest BCUT2D eigenvalue weighted by atomic mass is 35.5. The number of nitro groups is 1. The van der Waals surface area contributed by atoms with E-state index in [4.69, 9.17) is 11.6 Å². The third-order valence-electron chi connectivity index (χ3n) is 2.84. The molecule has 1 amide bonds. The monoisotopic (exact) mass is 270 g/mol. The van der Waals surface area contributed by atoms with E-state index in [-0.39, 0.29) is 22.8 Å². The van der Waals surface area contributed by atoms with Crippen LogP contribution in [0.1, 0.15) is 16.8 Å². The number of nitro benzene ring substituents is 1. The first-order valence-corrected chi connectivity index (χ1v) is 5.78. The van der Waals surface area contributed by atoms with E-state index < -0.39 is 16.9 Å². The smallest absolute Gasteiger partial charge is 0.283 e. The van der Waals surface area contributed by atoms with E-state index in [0.717, 1.165) is 6.07 Å². The minimum Gasteiger partial charge on any atom is -0.391 e. The van der Waals surface area contributed by atoms with Crippen molar-refractivity contribution in [2.45, 2.75) is 12.5 Å². The third-order valence-corrected chi connectivity index (χ3v) is 3.07. The predicted molar refractivity (Wildman–Crippen MR) is 64.6 cm³/mol. The summed E-state index contributed by atoms with van der Waals surface area (Å²) in [7, 11) is 0. The SMILES string of the molecule is O=C(c1ccc(Cl)cc1[N+](=O)[O-])N1CCC(O)C1. The average molecular weight is 271 g/mol. The highest BCUT2D eigenvalue weighted by molar-refractivity contribution is 6.31. The molecule has 7 heteroatoms. The molecule has 2 rings (SSSR count). The first kappa shape index (κ1) is 12.8. The Morgan fingerprint density at radius 2 is 2.28 bits per heavy atom. The second-order valence-electron chi connectivity index (χ2n) is 4.11. The minimum absolute atomic E-state index is 0.00139. The number of benzene rings is 1. The maximum atomic E-state index is 12.1. The molecule has 1 heterocycles. The molecule has 1 saturated heterocycles. The van der Waals surface area contributed by atoms with Gasteiger partial charge >= 0.3 is 0 Å². The van der Waals surface area contributed by atoms with Gasteiger partial charge in [0.1, 0.15) is 5.56 Å². The quantitative estimate of drug-likeness (QED) is 0.651. The molecule has 1 aliphatic rings. The van der Waals surface area contributed by atoms with Crippen LogP contribution in [0, 0.1) is 10.1 Å². The maximum absolute atomic E-state index is 12.1. The van der Waals surface area contributed by atoms with Crippen LogP contribution in [0.3, 0.4) is 0 Å². The summed E-state index contributed by atoms with van der Waals surface area (Å²) in [6.45, 7) is 0.610. The summed E-state index contributed by atoms with van der Waals surface area (Å²) < 4.78 is 0. The van der Waals surface area contributed by atoms with Crippen molar-refractivity contribution < 1.29 is 14.8 Å². The topological polar surface area (TPSA) is 83.7 Å². The van der Waals surface area contributed by atoms with E-state index in [1.165, 1.54) is 17.0 Å². The largest absolute Gasteiger partial charge is 0.391 e. The van der Waals surface area contributed by atoms with E-state index in [1.54, 1.807) is 0 Å². The Kier molecular flexibility index (Phi) is 3.49. The summed E-state index contributed by atoms with van der Waals surface area (Å²) in [5, 5.41) is 20.5. The van der Waals surface area contributed by atoms with Crippen molar-refractivity contribution in [1.82, 2.24) is 4.90 Å². The number of hydrogen-bond donors (Lipinski definition) is 1. The number of aliphatic hydroxyl groups excluding tert-OH is 1. The number of hydrogen-bond acceptors (Lipinski definition) is 4. The van der Waals surface area contributed by atoms with Crippen LogP contribution in [0.5, 0.6) is 0 Å². The third kappa shape index (κ3) is 2.44. The Bertz CT molecular complexity index is 506. The van der Waals surface area contributed by atoms with Gasteiger partial charge in [0.15, 0.2) is 0 Å². The molecule has 1 aromatic rings. The minimum atomic E-state index is -0.633. The van der Waals surface area contributed by atoms with Gasteiger partial charge in [-0.2, -0.15) is 0 Å². The molecule has 96 valence electrons. The number of carbonyl (C=O) groups excluding carboxylic acids is 1. The van der Waals surface area contributed by atoms with Gasteiger partial charge < -0.3 is 10.0 Å². The summed E-state index contributed by atoms with van der Waals surface area (Å²) in [4.78, 5) is 23.8. The average Bonchev–Trinajstić information content (AvgIpc) is 2.75. The lowest BCUT2D eigenvalue weighted by Gasteiger charge is -2.15. The number of aliphatic hydroxyl groups is 1. The second-order valence-corrected chi connectivity index (χ2v) is 4.55. The van der Waals surface area contributed by atoms with Gasteiger partial charge in [0.25, 0.3) is 11.6 Å². The Morgan fingerprint density at radius 3 is 2.83 bits per heavy atom. The van der Waals surface area contributed by atoms with Crippen molar-refractivity contribution >= 4 is 23.2 Å². The van der Waals surface area contributed by atoms with Gasteiger partial charge in [-0.15, -0.1) is 0 Å². The number of likely N-dealkylation sites (tertiary alicyclic amines) is 1. The second kappa shape index (κ2) is 4.91. The predicted octanol–water partition coefficient (Wildman–Crippen LogP) is 1.46. The number of carbonyl (C=O) groups is 1. The molecule has 1 aromatic carbocycles. The molecule has 0 aliphatic carbocycles. The zero-order valence-electron chi connectivity index (χ0n) is 9.38. The summed E-state index contributed by atoms with van der Waals surface area (Å²) in [6, 6.07) is 3.93. The van der Waals surface area contributed by atoms with Crippen LogP contribution in [-0.4, -0.2) is 40.0 Å². The summed E-state index contributed by atoms with van der Waals surface area (Å²) in [5.74, 6) is -0.449. The molecule has 1 fully saturated rings. The van der Waals surface area contributed by atoms with Gasteiger partial charge in [0.2, 0.25) is 0 Å². The zero-order chi connectivity index (χ0) is 13.3. The summed E-state index contributed by atoms with van der Waals surface area (Å²) in [5.41, 5.74) is -0.313. The lowest BCUT2D eigenvalue weighted by Crippen LogP contribution is -2.30. The molecule has 0 spiro atoms. The molecule has 1 atom stereocenters. The van der Waals surface area contributed by atoms with Gasteiger partial charge in [-0.25, -0.2) is 0 Å². The Balaban J connectivity index is 2.33. The van der Waals surface area contributed by atoms with Gasteiger partial charge in [-0.3, -0.25) is 14.9 Å². The first-order valence-electron chi connectivity index (χ1n) is 5.40. The summed E-state index contributed by atoms with van der Waals surface area (Å²) in [6.07, 6.45) is -0.0621. The number of β-amino-alcohol motifs (C(OH)–C–C–N with tert-alkyl or cyclic N) is 1. The highest BCUT2D eigenvalue weighted by Gasteiger charge is 2.29. The molecule has 0 saturated carbocycles. The zero-order valence-corrected chi connectivity index (χ0v) is 10.1. The number of halogens is 1. The molecule has 1 N–H and O–H groups in total. The van der Waals surface area contributed by atoms with E-state index in [9.17, 15) is 20.0 Å². The lowest BCUT2D eigenvalue weighted by molar-refractivity contribution is -0.385. The van der Waals surface area contributed by atoms with Crippen LogP contribution in [0.2, 0.25) is 5.02 Å². The molecule has 0 radical (unpaired) electrons. The van der Waals surface area contributed by atoms with Crippen LogP contribution in [0.4, 0.5) is 5.69 Å². The molecular formula is C11H11ClN2O4. The van der Waals surface area contributed by atoms with Crippen LogP contribution >= 0.6 is 11.6 Å². The molecule has 0 bridgehead atoms. The van der Waals surface area contributed by atoms with E-state index in [1.807, 2.05) is 0 Å². The fourth-order valence-electron chi connectivity index (χ4n) is 1.93. The Hall–Kier alpha value is -1.66. The van der Waals surface area contributed by atoms with Gasteiger partial charge in [0.05, 0.1) is 11.0 Å². The standard InChI is InChI=1S/C11H11ClN2O4/c12-7-1-2-9(10(5-7)14(17)18)11(16)13-4-3-8(15)6-13/h1-2,5,8,15H,3-4,6H2. The van der Waals surface area contributed by atoms with Crippen LogP contribution in [0.25, 0.3) is 0 Å². The van der Waals surface area contributed by atoms with Gasteiger partial charge in [0, 0.05) is 24.2 Å². The Labute approximate surface area is 108 Å². The fraction of sp³-hybridized carbons (Fsp3) is 0.364. The van der Waals surface area contributed by atoms with Crippen LogP contribution in [-0.2, 0) is 0 Å².